The van der Waals surface area contributed by atoms with Crippen molar-refractivity contribution < 1.29 is 33.7 Å². The largest absolute Gasteiger partial charge is 0.504 e. The van der Waals surface area contributed by atoms with Crippen LogP contribution in [0.5, 0.6) is 23.0 Å². The topological polar surface area (TPSA) is 106 Å². The van der Waals surface area contributed by atoms with Gasteiger partial charge >= 0.3 is 6.09 Å². The van der Waals surface area contributed by atoms with E-state index in [9.17, 15) is 19.5 Å². The number of hydrogen-bond acceptors (Lipinski definition) is 8. The predicted octanol–water partition coefficient (Wildman–Crippen LogP) is 3.41. The quantitative estimate of drug-likeness (QED) is 0.418. The molecule has 1 amide bonds. The van der Waals surface area contributed by atoms with Crippen molar-refractivity contribution in [1.82, 2.24) is 9.80 Å². The number of methoxy groups -OCH3 is 2. The number of rotatable bonds is 9. The van der Waals surface area contributed by atoms with E-state index in [1.54, 1.807) is 47.4 Å². The van der Waals surface area contributed by atoms with Gasteiger partial charge in [0, 0.05) is 26.2 Å². The number of aromatic hydroxyl groups is 1. The first-order valence-electron chi connectivity index (χ1n) is 11.4. The summed E-state index contributed by atoms with van der Waals surface area (Å²) in [5.41, 5.74) is 1.31. The van der Waals surface area contributed by atoms with E-state index in [0.717, 1.165) is 13.1 Å². The van der Waals surface area contributed by atoms with Crippen molar-refractivity contribution >= 4 is 29.8 Å². The SMILES string of the molecule is COc1cc(/C=C/C(=O)CC(=O)/C=C/c2ccc(OC(=O)N3CCN(C)CC3)c(OC)c2)ccc1O. The van der Waals surface area contributed by atoms with Crippen LogP contribution in [0.25, 0.3) is 12.2 Å². The van der Waals surface area contributed by atoms with Crippen molar-refractivity contribution in [3.05, 3.63) is 59.7 Å². The van der Waals surface area contributed by atoms with Gasteiger partial charge in [0.2, 0.25) is 0 Å². The summed E-state index contributed by atoms with van der Waals surface area (Å²) in [6.45, 7) is 2.76. The van der Waals surface area contributed by atoms with Gasteiger partial charge in [0.25, 0.3) is 0 Å². The Bertz CT molecular complexity index is 1160. The predicted molar refractivity (Wildman–Crippen MR) is 135 cm³/mol. The molecule has 0 bridgehead atoms. The van der Waals surface area contributed by atoms with Gasteiger partial charge in [-0.2, -0.15) is 0 Å². The van der Waals surface area contributed by atoms with Crippen molar-refractivity contribution in [2.24, 2.45) is 0 Å². The number of likely N-dealkylation sites (N-methyl/N-ethyl adjacent to an activating group) is 1. The Morgan fingerprint density at radius 1 is 0.833 bits per heavy atom. The standard InChI is InChI=1S/C27H30N2O7/c1-28-12-14-29(15-13-28)27(33)36-24-11-7-20(17-26(24)35-3)5-9-22(31)18-21(30)8-4-19-6-10-23(32)25(16-19)34-2/h4-11,16-17,32H,12-15,18H2,1-3H3/b8-4+,9-5+. The van der Waals surface area contributed by atoms with E-state index < -0.39 is 6.09 Å². The number of amides is 1. The third-order valence-electron chi connectivity index (χ3n) is 5.62. The molecule has 190 valence electrons. The molecule has 0 aliphatic carbocycles. The molecule has 1 N–H and O–H groups in total. The molecular weight excluding hydrogens is 464 g/mol. The van der Waals surface area contributed by atoms with Crippen LogP contribution in [0.2, 0.25) is 0 Å². The lowest BCUT2D eigenvalue weighted by atomic mass is 10.1. The Hall–Kier alpha value is -4.11. The molecule has 9 heteroatoms. The fourth-order valence-corrected chi connectivity index (χ4v) is 3.49. The number of nitrogens with zero attached hydrogens (tertiary/aromatic N) is 2. The van der Waals surface area contributed by atoms with Crippen LogP contribution in [0, 0.1) is 0 Å². The Balaban J connectivity index is 1.56. The maximum absolute atomic E-state index is 12.5. The van der Waals surface area contributed by atoms with Gasteiger partial charge in [0.05, 0.1) is 20.6 Å². The fraction of sp³-hybridized carbons (Fsp3) is 0.296. The average Bonchev–Trinajstić information content (AvgIpc) is 2.87. The minimum absolute atomic E-state index is 0.000789. The first kappa shape index (κ1) is 26.5. The van der Waals surface area contributed by atoms with Crippen LogP contribution in [0.1, 0.15) is 17.5 Å². The van der Waals surface area contributed by atoms with E-state index >= 15 is 0 Å². The van der Waals surface area contributed by atoms with Crippen molar-refractivity contribution in [1.29, 1.82) is 0 Å². The summed E-state index contributed by atoms with van der Waals surface area (Å²) >= 11 is 0. The molecule has 1 saturated heterocycles. The third-order valence-corrected chi connectivity index (χ3v) is 5.62. The molecule has 1 heterocycles. The molecule has 0 unspecified atom stereocenters. The zero-order chi connectivity index (χ0) is 26.1. The molecule has 9 nitrogen and oxygen atoms in total. The average molecular weight is 495 g/mol. The Morgan fingerprint density at radius 3 is 1.97 bits per heavy atom. The molecule has 2 aromatic carbocycles. The number of ketones is 2. The molecule has 2 aromatic rings. The molecule has 0 atom stereocenters. The van der Waals surface area contributed by atoms with Gasteiger partial charge in [-0.15, -0.1) is 0 Å². The van der Waals surface area contributed by atoms with E-state index in [1.165, 1.54) is 32.4 Å². The van der Waals surface area contributed by atoms with E-state index in [-0.39, 0.29) is 29.5 Å². The van der Waals surface area contributed by atoms with E-state index in [1.807, 2.05) is 7.05 Å². The monoisotopic (exact) mass is 494 g/mol. The highest BCUT2D eigenvalue weighted by Gasteiger charge is 2.22. The maximum Gasteiger partial charge on any atom is 0.415 e. The van der Waals surface area contributed by atoms with Gasteiger partial charge in [-0.1, -0.05) is 24.3 Å². The number of allylic oxidation sites excluding steroid dienone is 2. The van der Waals surface area contributed by atoms with E-state index in [0.29, 0.717) is 35.7 Å². The maximum atomic E-state index is 12.5. The Kier molecular flexibility index (Phi) is 9.24. The summed E-state index contributed by atoms with van der Waals surface area (Å²) in [6.07, 6.45) is 5.02. The highest BCUT2D eigenvalue weighted by atomic mass is 16.6. The number of carbonyl (C=O) groups excluding carboxylic acids is 3. The molecule has 1 aliphatic heterocycles. The van der Waals surface area contributed by atoms with Crippen molar-refractivity contribution in [3.63, 3.8) is 0 Å². The minimum Gasteiger partial charge on any atom is -0.504 e. The molecule has 0 saturated carbocycles. The van der Waals surface area contributed by atoms with Crippen LogP contribution >= 0.6 is 0 Å². The lowest BCUT2D eigenvalue weighted by molar-refractivity contribution is -0.121. The zero-order valence-corrected chi connectivity index (χ0v) is 20.6. The van der Waals surface area contributed by atoms with Crippen LogP contribution in [0.3, 0.4) is 0 Å². The second-order valence-electron chi connectivity index (χ2n) is 8.28. The second-order valence-corrected chi connectivity index (χ2v) is 8.28. The van der Waals surface area contributed by atoms with Crippen LogP contribution in [-0.2, 0) is 9.59 Å². The molecule has 0 radical (unpaired) electrons. The van der Waals surface area contributed by atoms with E-state index in [2.05, 4.69) is 4.90 Å². The van der Waals surface area contributed by atoms with Crippen molar-refractivity contribution in [2.75, 3.05) is 47.4 Å². The van der Waals surface area contributed by atoms with Gasteiger partial charge in [0.15, 0.2) is 34.6 Å². The molecule has 1 fully saturated rings. The normalized spacial score (nSPS) is 14.2. The lowest BCUT2D eigenvalue weighted by Crippen LogP contribution is -2.48. The smallest absolute Gasteiger partial charge is 0.415 e. The Labute approximate surface area is 210 Å². The van der Waals surface area contributed by atoms with Gasteiger partial charge in [-0.25, -0.2) is 4.79 Å². The number of carbonyl (C=O) groups is 3. The van der Waals surface area contributed by atoms with Crippen LogP contribution in [0.4, 0.5) is 4.79 Å². The van der Waals surface area contributed by atoms with Crippen LogP contribution in [-0.4, -0.2) is 80.0 Å². The summed E-state index contributed by atoms with van der Waals surface area (Å²) in [7, 11) is 4.91. The zero-order valence-electron chi connectivity index (χ0n) is 20.6. The van der Waals surface area contributed by atoms with Gasteiger partial charge in [0.1, 0.15) is 0 Å². The number of phenolic OH excluding ortho intramolecular Hbond substituents is 1. The van der Waals surface area contributed by atoms with Gasteiger partial charge in [-0.05, 0) is 54.6 Å². The molecule has 3 rings (SSSR count). The highest BCUT2D eigenvalue weighted by molar-refractivity contribution is 6.10. The summed E-state index contributed by atoms with van der Waals surface area (Å²) in [5, 5.41) is 9.63. The lowest BCUT2D eigenvalue weighted by Gasteiger charge is -2.31. The van der Waals surface area contributed by atoms with E-state index in [4.69, 9.17) is 14.2 Å². The van der Waals surface area contributed by atoms with Crippen molar-refractivity contribution in [3.8, 4) is 23.0 Å². The summed E-state index contributed by atoms with van der Waals surface area (Å²) in [5.74, 6) is 0.211. The number of hydrogen-bond donors (Lipinski definition) is 1. The number of piperazine rings is 1. The molecule has 36 heavy (non-hydrogen) atoms. The van der Waals surface area contributed by atoms with Gasteiger partial charge in [-0.3, -0.25) is 9.59 Å². The molecular formula is C27H30N2O7. The second kappa shape index (κ2) is 12.6. The number of benzene rings is 2. The minimum atomic E-state index is -0.433. The molecule has 1 aliphatic rings. The summed E-state index contributed by atoms with van der Waals surface area (Å²) in [4.78, 5) is 40.6. The summed E-state index contributed by atoms with van der Waals surface area (Å²) < 4.78 is 15.9. The number of ether oxygens (including phenoxy) is 3. The summed E-state index contributed by atoms with van der Waals surface area (Å²) in [6, 6.07) is 9.62. The first-order chi connectivity index (χ1) is 17.3. The fourth-order valence-electron chi connectivity index (χ4n) is 3.49. The Morgan fingerprint density at radius 2 is 1.39 bits per heavy atom. The van der Waals surface area contributed by atoms with Crippen molar-refractivity contribution in [2.45, 2.75) is 6.42 Å². The highest BCUT2D eigenvalue weighted by Crippen LogP contribution is 2.29. The molecule has 0 spiro atoms. The number of phenols is 1. The van der Waals surface area contributed by atoms with Gasteiger partial charge < -0.3 is 29.1 Å². The first-order valence-corrected chi connectivity index (χ1v) is 11.4. The van der Waals surface area contributed by atoms with Crippen LogP contribution < -0.4 is 14.2 Å². The molecule has 0 aromatic heterocycles. The third kappa shape index (κ3) is 7.44. The van der Waals surface area contributed by atoms with Crippen LogP contribution in [0.15, 0.2) is 48.6 Å².